The van der Waals surface area contributed by atoms with E-state index in [1.165, 1.54) is 12.1 Å². The number of nitrogens with one attached hydrogen (secondary N) is 2. The van der Waals surface area contributed by atoms with Crippen molar-refractivity contribution in [3.63, 3.8) is 0 Å². The molecule has 166 valence electrons. The van der Waals surface area contributed by atoms with Crippen molar-refractivity contribution >= 4 is 40.7 Å². The van der Waals surface area contributed by atoms with Crippen LogP contribution in [0.25, 0.3) is 0 Å². The minimum absolute atomic E-state index is 0.0391. The van der Waals surface area contributed by atoms with E-state index in [-0.39, 0.29) is 42.3 Å². The first-order chi connectivity index (χ1) is 14.8. The second-order valence-electron chi connectivity index (χ2n) is 7.19. The number of amides is 2. The molecule has 1 aromatic carbocycles. The molecule has 1 aliphatic carbocycles. The summed E-state index contributed by atoms with van der Waals surface area (Å²) in [5, 5.41) is 14.3. The van der Waals surface area contributed by atoms with Gasteiger partial charge >= 0.3 is 5.97 Å². The summed E-state index contributed by atoms with van der Waals surface area (Å²) in [6.45, 7) is 0.388. The zero-order chi connectivity index (χ0) is 22.4. The van der Waals surface area contributed by atoms with Gasteiger partial charge in [-0.1, -0.05) is 11.6 Å². The Morgan fingerprint density at radius 1 is 1.06 bits per heavy atom. The monoisotopic (exact) mass is 468 g/mol. The molecule has 31 heavy (non-hydrogen) atoms. The van der Waals surface area contributed by atoms with Crippen LogP contribution in [0.2, 0.25) is 4.34 Å². The second kappa shape index (κ2) is 10.6. The fourth-order valence-electron chi connectivity index (χ4n) is 3.32. The number of hydrogen-bond donors (Lipinski definition) is 3. The molecule has 0 saturated heterocycles. The number of carbonyl (C=O) groups excluding carboxylic acids is 2. The van der Waals surface area contributed by atoms with Gasteiger partial charge < -0.3 is 20.5 Å². The molecule has 1 fully saturated rings. The maximum Gasteiger partial charge on any atom is 0.306 e. The smallest absolute Gasteiger partial charge is 0.306 e. The maximum absolute atomic E-state index is 14.4. The lowest BCUT2D eigenvalue weighted by atomic mass is 9.87. The van der Waals surface area contributed by atoms with Gasteiger partial charge in [0.15, 0.2) is 11.6 Å². The van der Waals surface area contributed by atoms with Crippen LogP contribution in [0, 0.1) is 11.7 Å². The SMILES string of the molecule is O=C(NCCNC(=O)c1ccc(Cl)s1)c1ccc(O[C@H]2CC[C@@H](C(=O)O)CC2)c(F)c1. The van der Waals surface area contributed by atoms with Crippen LogP contribution in [0.15, 0.2) is 30.3 Å². The van der Waals surface area contributed by atoms with Crippen LogP contribution in [0.5, 0.6) is 5.75 Å². The number of thiophene rings is 1. The molecule has 1 heterocycles. The van der Waals surface area contributed by atoms with Gasteiger partial charge in [0.1, 0.15) is 0 Å². The van der Waals surface area contributed by atoms with Crippen molar-refractivity contribution in [2.75, 3.05) is 13.1 Å². The maximum atomic E-state index is 14.4. The molecule has 0 atom stereocenters. The lowest BCUT2D eigenvalue weighted by Crippen LogP contribution is -2.34. The molecule has 2 amide bonds. The molecule has 0 aliphatic heterocycles. The first kappa shape index (κ1) is 23.0. The quantitative estimate of drug-likeness (QED) is 0.512. The Morgan fingerprint density at radius 3 is 2.32 bits per heavy atom. The van der Waals surface area contributed by atoms with Crippen LogP contribution < -0.4 is 15.4 Å². The second-order valence-corrected chi connectivity index (χ2v) is 8.91. The van der Waals surface area contributed by atoms with E-state index in [2.05, 4.69) is 10.6 Å². The zero-order valence-corrected chi connectivity index (χ0v) is 18.1. The van der Waals surface area contributed by atoms with E-state index < -0.39 is 17.7 Å². The Labute approximate surface area is 187 Å². The topological polar surface area (TPSA) is 105 Å². The molecule has 1 saturated carbocycles. The summed E-state index contributed by atoms with van der Waals surface area (Å²) in [7, 11) is 0. The van der Waals surface area contributed by atoms with E-state index in [1.54, 1.807) is 12.1 Å². The van der Waals surface area contributed by atoms with Crippen molar-refractivity contribution < 1.29 is 28.6 Å². The van der Waals surface area contributed by atoms with E-state index in [1.807, 2.05) is 0 Å². The number of rotatable bonds is 8. The molecular formula is C21H22ClFN2O5S. The summed E-state index contributed by atoms with van der Waals surface area (Å²) in [5.41, 5.74) is 0.135. The molecule has 0 bridgehead atoms. The first-order valence-electron chi connectivity index (χ1n) is 9.84. The highest BCUT2D eigenvalue weighted by molar-refractivity contribution is 7.17. The Hall–Kier alpha value is -2.65. The highest BCUT2D eigenvalue weighted by Crippen LogP contribution is 2.29. The van der Waals surface area contributed by atoms with E-state index in [0.717, 1.165) is 17.4 Å². The number of carboxylic acid groups (broad SMARTS) is 1. The molecule has 3 rings (SSSR count). The van der Waals surface area contributed by atoms with Gasteiger partial charge in [-0.3, -0.25) is 14.4 Å². The van der Waals surface area contributed by atoms with Gasteiger partial charge in [-0.25, -0.2) is 4.39 Å². The number of halogens is 2. The number of carbonyl (C=O) groups is 3. The number of hydrogen-bond acceptors (Lipinski definition) is 5. The minimum atomic E-state index is -0.810. The van der Waals surface area contributed by atoms with Gasteiger partial charge in [-0.15, -0.1) is 11.3 Å². The van der Waals surface area contributed by atoms with Crippen molar-refractivity contribution in [2.45, 2.75) is 31.8 Å². The average molecular weight is 469 g/mol. The Kier molecular flexibility index (Phi) is 7.86. The molecular weight excluding hydrogens is 447 g/mol. The molecule has 2 aromatic rings. The average Bonchev–Trinajstić information content (AvgIpc) is 3.19. The minimum Gasteiger partial charge on any atom is -0.487 e. The summed E-state index contributed by atoms with van der Waals surface area (Å²) in [5.74, 6) is -2.55. The van der Waals surface area contributed by atoms with Crippen LogP contribution in [0.4, 0.5) is 4.39 Å². The molecule has 1 aliphatic rings. The van der Waals surface area contributed by atoms with Crippen molar-refractivity contribution in [1.29, 1.82) is 0 Å². The lowest BCUT2D eigenvalue weighted by molar-refractivity contribution is -0.143. The summed E-state index contributed by atoms with van der Waals surface area (Å²) in [4.78, 5) is 35.6. The van der Waals surface area contributed by atoms with E-state index in [9.17, 15) is 18.8 Å². The number of aliphatic carboxylic acids is 1. The van der Waals surface area contributed by atoms with Crippen LogP contribution in [0.1, 0.15) is 45.7 Å². The number of ether oxygens (including phenoxy) is 1. The van der Waals surface area contributed by atoms with Crippen LogP contribution in [0.3, 0.4) is 0 Å². The van der Waals surface area contributed by atoms with Gasteiger partial charge in [0.2, 0.25) is 0 Å². The van der Waals surface area contributed by atoms with E-state index in [4.69, 9.17) is 21.4 Å². The summed E-state index contributed by atoms with van der Waals surface area (Å²) in [6.07, 6.45) is 1.84. The van der Waals surface area contributed by atoms with Crippen molar-refractivity contribution in [3.05, 3.63) is 50.9 Å². The molecule has 1 aromatic heterocycles. The third kappa shape index (κ3) is 6.41. The Balaban J connectivity index is 1.44. The van der Waals surface area contributed by atoms with Crippen LogP contribution in [-0.4, -0.2) is 42.1 Å². The number of benzene rings is 1. The van der Waals surface area contributed by atoms with Crippen LogP contribution >= 0.6 is 22.9 Å². The molecule has 0 spiro atoms. The van der Waals surface area contributed by atoms with Gasteiger partial charge in [-0.05, 0) is 56.0 Å². The summed E-state index contributed by atoms with van der Waals surface area (Å²) >= 11 is 6.95. The summed E-state index contributed by atoms with van der Waals surface area (Å²) < 4.78 is 20.6. The van der Waals surface area contributed by atoms with E-state index in [0.29, 0.717) is 34.9 Å². The highest BCUT2D eigenvalue weighted by atomic mass is 35.5. The fraction of sp³-hybridized carbons (Fsp3) is 0.381. The standard InChI is InChI=1S/C21H22ClFN2O5S/c22-18-8-7-17(31-18)20(27)25-10-9-24-19(26)13-3-6-16(15(23)11-13)30-14-4-1-12(2-5-14)21(28)29/h3,6-8,11-12,14H,1-2,4-5,9-10H2,(H,24,26)(H,25,27)(H,28,29)/t12-,14+. The molecule has 0 radical (unpaired) electrons. The number of carboxylic acids is 1. The lowest BCUT2D eigenvalue weighted by Gasteiger charge is -2.27. The van der Waals surface area contributed by atoms with E-state index >= 15 is 0 Å². The Morgan fingerprint density at radius 2 is 1.74 bits per heavy atom. The first-order valence-corrected chi connectivity index (χ1v) is 11.0. The fourth-order valence-corrected chi connectivity index (χ4v) is 4.28. The van der Waals surface area contributed by atoms with Gasteiger partial charge in [0, 0.05) is 18.7 Å². The Bertz CT molecular complexity index is 959. The van der Waals surface area contributed by atoms with Gasteiger partial charge in [-0.2, -0.15) is 0 Å². The molecule has 3 N–H and O–H groups in total. The highest BCUT2D eigenvalue weighted by Gasteiger charge is 2.27. The third-order valence-electron chi connectivity index (χ3n) is 5.00. The predicted molar refractivity (Wildman–Crippen MR) is 114 cm³/mol. The zero-order valence-electron chi connectivity index (χ0n) is 16.5. The van der Waals surface area contributed by atoms with Gasteiger partial charge in [0.25, 0.3) is 11.8 Å². The predicted octanol–water partition coefficient (Wildman–Crippen LogP) is 3.72. The van der Waals surface area contributed by atoms with Crippen molar-refractivity contribution in [2.24, 2.45) is 5.92 Å². The van der Waals surface area contributed by atoms with Gasteiger partial charge in [0.05, 0.1) is 21.2 Å². The summed E-state index contributed by atoms with van der Waals surface area (Å²) in [6, 6.07) is 7.20. The van der Waals surface area contributed by atoms with Crippen molar-refractivity contribution in [1.82, 2.24) is 10.6 Å². The molecule has 10 heteroatoms. The van der Waals surface area contributed by atoms with Crippen molar-refractivity contribution in [3.8, 4) is 5.75 Å². The largest absolute Gasteiger partial charge is 0.487 e. The molecule has 0 unspecified atom stereocenters. The van der Waals surface area contributed by atoms with Crippen LogP contribution in [-0.2, 0) is 4.79 Å². The normalized spacial score (nSPS) is 18.3. The third-order valence-corrected chi connectivity index (χ3v) is 6.23. The molecule has 7 nitrogen and oxygen atoms in total.